The number of hydrogen-bond donors (Lipinski definition) is 1. The molecule has 5 heteroatoms. The van der Waals surface area contributed by atoms with Crippen LogP contribution in [0.3, 0.4) is 0 Å². The van der Waals surface area contributed by atoms with Gasteiger partial charge in [-0.2, -0.15) is 0 Å². The van der Waals surface area contributed by atoms with Crippen LogP contribution in [0.2, 0.25) is 15.1 Å². The Kier molecular flexibility index (Phi) is 3.24. The van der Waals surface area contributed by atoms with E-state index in [9.17, 15) is 4.79 Å². The fourth-order valence-electron chi connectivity index (χ4n) is 1.36. The molecule has 0 aliphatic heterocycles. The van der Waals surface area contributed by atoms with Crippen LogP contribution in [0, 0.1) is 0 Å². The molecule has 1 aromatic heterocycles. The summed E-state index contributed by atoms with van der Waals surface area (Å²) in [7, 11) is 0. The predicted molar refractivity (Wildman–Crippen MR) is 67.5 cm³/mol. The quantitative estimate of drug-likeness (QED) is 0.783. The second-order valence-electron chi connectivity index (χ2n) is 3.17. The summed E-state index contributed by atoms with van der Waals surface area (Å²) in [6, 6.07) is 6.64. The molecule has 0 spiro atoms. The highest BCUT2D eigenvalue weighted by atomic mass is 35.5. The first-order valence-corrected chi connectivity index (χ1v) is 5.55. The second kappa shape index (κ2) is 4.50. The van der Waals surface area contributed by atoms with Crippen LogP contribution in [0.1, 0.15) is 0 Å². The van der Waals surface area contributed by atoms with Gasteiger partial charge in [0.25, 0.3) is 5.56 Å². The molecule has 0 unspecified atom stereocenters. The summed E-state index contributed by atoms with van der Waals surface area (Å²) in [5, 5.41) is 0.944. The van der Waals surface area contributed by atoms with Gasteiger partial charge >= 0.3 is 0 Å². The Morgan fingerprint density at radius 3 is 2.25 bits per heavy atom. The normalized spacial score (nSPS) is 10.4. The predicted octanol–water partition coefficient (Wildman–Crippen LogP) is 4.00. The molecular weight excluding hydrogens is 268 g/mol. The minimum atomic E-state index is -0.197. The number of pyridine rings is 1. The molecule has 1 heterocycles. The molecule has 0 saturated heterocycles. The number of nitrogens with one attached hydrogen (secondary N) is 1. The highest BCUT2D eigenvalue weighted by Crippen LogP contribution is 2.33. The molecule has 0 saturated carbocycles. The van der Waals surface area contributed by atoms with Gasteiger partial charge in [-0.25, -0.2) is 0 Å². The van der Waals surface area contributed by atoms with Crippen LogP contribution < -0.4 is 5.56 Å². The molecule has 0 amide bonds. The Morgan fingerprint density at radius 2 is 1.69 bits per heavy atom. The van der Waals surface area contributed by atoms with Crippen molar-refractivity contribution in [2.24, 2.45) is 0 Å². The van der Waals surface area contributed by atoms with Crippen molar-refractivity contribution in [3.05, 3.63) is 55.9 Å². The van der Waals surface area contributed by atoms with Crippen molar-refractivity contribution in [1.82, 2.24) is 4.98 Å². The molecule has 0 fully saturated rings. The fraction of sp³-hybridized carbons (Fsp3) is 0. The van der Waals surface area contributed by atoms with Crippen LogP contribution in [-0.4, -0.2) is 4.98 Å². The highest BCUT2D eigenvalue weighted by molar-refractivity contribution is 6.48. The lowest BCUT2D eigenvalue weighted by atomic mass is 10.1. The van der Waals surface area contributed by atoms with Gasteiger partial charge in [-0.1, -0.05) is 34.8 Å². The van der Waals surface area contributed by atoms with Crippen LogP contribution in [0.15, 0.2) is 35.3 Å². The van der Waals surface area contributed by atoms with Gasteiger partial charge in [-0.3, -0.25) is 4.79 Å². The number of benzene rings is 1. The monoisotopic (exact) mass is 273 g/mol. The maximum atomic E-state index is 11.6. The highest BCUT2D eigenvalue weighted by Gasteiger charge is 2.09. The topological polar surface area (TPSA) is 32.9 Å². The van der Waals surface area contributed by atoms with Gasteiger partial charge in [0.1, 0.15) is 0 Å². The maximum Gasteiger partial charge on any atom is 0.255 e. The summed E-state index contributed by atoms with van der Waals surface area (Å²) in [6.45, 7) is 0. The van der Waals surface area contributed by atoms with E-state index in [1.54, 1.807) is 30.5 Å². The van der Waals surface area contributed by atoms with E-state index in [1.807, 2.05) is 0 Å². The summed E-state index contributed by atoms with van der Waals surface area (Å²) in [5.41, 5.74) is 0.946. The van der Waals surface area contributed by atoms with Crippen molar-refractivity contribution in [3.63, 3.8) is 0 Å². The Morgan fingerprint density at radius 1 is 1.06 bits per heavy atom. The molecule has 16 heavy (non-hydrogen) atoms. The van der Waals surface area contributed by atoms with E-state index in [0.717, 1.165) is 0 Å². The zero-order valence-electron chi connectivity index (χ0n) is 7.93. The minimum absolute atomic E-state index is 0.197. The van der Waals surface area contributed by atoms with Crippen molar-refractivity contribution < 1.29 is 0 Å². The third-order valence-corrected chi connectivity index (χ3v) is 3.31. The maximum absolute atomic E-state index is 11.6. The van der Waals surface area contributed by atoms with E-state index < -0.39 is 0 Å². The van der Waals surface area contributed by atoms with Crippen molar-refractivity contribution in [2.75, 3.05) is 0 Å². The Bertz CT molecular complexity index is 569. The first kappa shape index (κ1) is 11.5. The first-order valence-electron chi connectivity index (χ1n) is 4.42. The van der Waals surface area contributed by atoms with Crippen LogP contribution in [-0.2, 0) is 0 Å². The number of aromatic amines is 1. The lowest BCUT2D eigenvalue weighted by Gasteiger charge is -2.04. The number of halogens is 3. The average Bonchev–Trinajstić information content (AvgIpc) is 2.26. The van der Waals surface area contributed by atoms with Crippen molar-refractivity contribution in [1.29, 1.82) is 0 Å². The summed E-state index contributed by atoms with van der Waals surface area (Å²) in [4.78, 5) is 14.1. The molecule has 2 nitrogen and oxygen atoms in total. The number of H-pyrrole nitrogens is 1. The van der Waals surface area contributed by atoms with Crippen molar-refractivity contribution >= 4 is 34.8 Å². The van der Waals surface area contributed by atoms with Crippen LogP contribution >= 0.6 is 34.8 Å². The van der Waals surface area contributed by atoms with E-state index in [0.29, 0.717) is 26.2 Å². The van der Waals surface area contributed by atoms with E-state index >= 15 is 0 Å². The number of rotatable bonds is 1. The van der Waals surface area contributed by atoms with E-state index in [1.165, 1.54) is 0 Å². The van der Waals surface area contributed by atoms with Gasteiger partial charge in [-0.15, -0.1) is 0 Å². The molecule has 2 rings (SSSR count). The fourth-order valence-corrected chi connectivity index (χ4v) is 1.96. The average molecular weight is 275 g/mol. The van der Waals surface area contributed by atoms with Crippen LogP contribution in [0.4, 0.5) is 0 Å². The standard InChI is InChI=1S/C11H6Cl3NO/c12-8-4-6(5-9(13)10(8)14)7-2-1-3-15-11(7)16/h1-5H,(H,15,16). The van der Waals surface area contributed by atoms with Gasteiger partial charge in [0.15, 0.2) is 0 Å². The lowest BCUT2D eigenvalue weighted by molar-refractivity contribution is 1.24. The molecule has 0 bridgehead atoms. The summed E-state index contributed by atoms with van der Waals surface area (Å²) in [5.74, 6) is 0. The van der Waals surface area contributed by atoms with Crippen LogP contribution in [0.5, 0.6) is 0 Å². The lowest BCUT2D eigenvalue weighted by Crippen LogP contribution is -2.06. The molecule has 1 N–H and O–H groups in total. The largest absolute Gasteiger partial charge is 0.329 e. The number of hydrogen-bond acceptors (Lipinski definition) is 1. The Labute approximate surface area is 107 Å². The molecule has 1 aromatic carbocycles. The van der Waals surface area contributed by atoms with E-state index in [2.05, 4.69) is 4.98 Å². The molecule has 82 valence electrons. The molecular formula is C11H6Cl3NO. The third-order valence-electron chi connectivity index (χ3n) is 2.11. The van der Waals surface area contributed by atoms with E-state index in [4.69, 9.17) is 34.8 Å². The van der Waals surface area contributed by atoms with Gasteiger partial charge in [-0.05, 0) is 29.8 Å². The molecule has 0 radical (unpaired) electrons. The Hall–Kier alpha value is -0.960. The van der Waals surface area contributed by atoms with Gasteiger partial charge < -0.3 is 4.98 Å². The van der Waals surface area contributed by atoms with Gasteiger partial charge in [0, 0.05) is 11.8 Å². The zero-order chi connectivity index (χ0) is 11.7. The van der Waals surface area contributed by atoms with E-state index in [-0.39, 0.29) is 5.56 Å². The smallest absolute Gasteiger partial charge is 0.255 e. The van der Waals surface area contributed by atoms with Crippen molar-refractivity contribution in [2.45, 2.75) is 0 Å². The summed E-state index contributed by atoms with van der Waals surface area (Å²) >= 11 is 17.6. The molecule has 2 aromatic rings. The van der Waals surface area contributed by atoms with Crippen molar-refractivity contribution in [3.8, 4) is 11.1 Å². The van der Waals surface area contributed by atoms with Gasteiger partial charge in [0.05, 0.1) is 15.1 Å². The SMILES string of the molecule is O=c1[nH]cccc1-c1cc(Cl)c(Cl)c(Cl)c1. The third kappa shape index (κ3) is 2.09. The molecule has 0 atom stereocenters. The minimum Gasteiger partial charge on any atom is -0.329 e. The van der Waals surface area contributed by atoms with Crippen LogP contribution in [0.25, 0.3) is 11.1 Å². The first-order chi connectivity index (χ1) is 7.59. The molecule has 0 aliphatic carbocycles. The zero-order valence-corrected chi connectivity index (χ0v) is 10.2. The summed E-state index contributed by atoms with van der Waals surface area (Å²) in [6.07, 6.45) is 1.56. The Balaban J connectivity index is 2.67. The number of aromatic nitrogens is 1. The van der Waals surface area contributed by atoms with Gasteiger partial charge in [0.2, 0.25) is 0 Å². The molecule has 0 aliphatic rings. The second-order valence-corrected chi connectivity index (χ2v) is 4.36. The summed E-state index contributed by atoms with van der Waals surface area (Å²) < 4.78 is 0.